The molecule has 9 nitrogen and oxygen atoms in total. The Bertz CT molecular complexity index is 1750. The van der Waals surface area contributed by atoms with Gasteiger partial charge in [0.15, 0.2) is 0 Å². The average Bonchev–Trinajstić information content (AvgIpc) is 3.92. The second-order valence-electron chi connectivity index (χ2n) is 12.0. The zero-order valence-electron chi connectivity index (χ0n) is 24.6. The molecule has 224 valence electrons. The Morgan fingerprint density at radius 1 is 1.00 bits per heavy atom. The van der Waals surface area contributed by atoms with Crippen molar-refractivity contribution in [1.29, 1.82) is 0 Å². The Labute approximate surface area is 260 Å². The summed E-state index contributed by atoms with van der Waals surface area (Å²) in [6.45, 7) is 5.90. The van der Waals surface area contributed by atoms with E-state index < -0.39 is 7.14 Å². The number of pyridine rings is 1. The lowest BCUT2D eigenvalue weighted by Crippen LogP contribution is -2.33. The molecule has 7 rings (SSSR count). The van der Waals surface area contributed by atoms with E-state index in [4.69, 9.17) is 19.4 Å². The summed E-state index contributed by atoms with van der Waals surface area (Å²) in [5.74, 6) is 2.84. The topological polar surface area (TPSA) is 110 Å². The van der Waals surface area contributed by atoms with Gasteiger partial charge in [-0.25, -0.2) is 4.98 Å². The lowest BCUT2D eigenvalue weighted by Gasteiger charge is -2.26. The molecule has 1 saturated heterocycles. The van der Waals surface area contributed by atoms with Gasteiger partial charge in [-0.05, 0) is 90.7 Å². The van der Waals surface area contributed by atoms with Crippen LogP contribution in [0.4, 0.5) is 23.1 Å². The fraction of sp³-hybridized carbons (Fsp3) is 0.406. The second-order valence-corrected chi connectivity index (χ2v) is 16.1. The molecule has 3 heterocycles. The monoisotopic (exact) mass is 662 g/mol. The molecule has 1 aliphatic heterocycles. The summed E-state index contributed by atoms with van der Waals surface area (Å²) in [5.41, 5.74) is 5.95. The number of hydrogen-bond acceptors (Lipinski definition) is 9. The molecular formula is C32H36BrN6O3P. The summed E-state index contributed by atoms with van der Waals surface area (Å²) >= 11 is 3.62. The summed E-state index contributed by atoms with van der Waals surface area (Å²) in [5, 5.41) is 12.0. The summed E-state index contributed by atoms with van der Waals surface area (Å²) in [6, 6.07) is 12.4. The van der Waals surface area contributed by atoms with Crippen LogP contribution in [-0.4, -0.2) is 55.1 Å². The van der Waals surface area contributed by atoms with Gasteiger partial charge in [0.1, 0.15) is 18.7 Å². The third kappa shape index (κ3) is 6.03. The number of ether oxygens (including phenoxy) is 2. The highest BCUT2D eigenvalue weighted by Crippen LogP contribution is 2.48. The highest BCUT2D eigenvalue weighted by atomic mass is 79.9. The lowest BCUT2D eigenvalue weighted by atomic mass is 9.99. The number of hydrogen-bond donors (Lipinski definition) is 3. The first-order chi connectivity index (χ1) is 20.8. The van der Waals surface area contributed by atoms with Crippen LogP contribution in [0, 0.1) is 0 Å². The predicted molar refractivity (Wildman–Crippen MR) is 176 cm³/mol. The Morgan fingerprint density at radius 2 is 1.81 bits per heavy atom. The van der Waals surface area contributed by atoms with E-state index in [-0.39, 0.29) is 6.10 Å². The molecule has 3 aliphatic rings. The van der Waals surface area contributed by atoms with E-state index in [1.807, 2.05) is 18.2 Å². The number of anilines is 4. The smallest absolute Gasteiger partial charge is 0.229 e. The molecule has 4 aromatic rings. The van der Waals surface area contributed by atoms with Crippen LogP contribution in [0.15, 0.2) is 47.1 Å². The molecule has 11 heteroatoms. The van der Waals surface area contributed by atoms with Crippen LogP contribution in [0.1, 0.15) is 60.4 Å². The van der Waals surface area contributed by atoms with E-state index >= 15 is 0 Å². The molecule has 2 aromatic carbocycles. The van der Waals surface area contributed by atoms with Crippen molar-refractivity contribution in [1.82, 2.24) is 20.3 Å². The highest BCUT2D eigenvalue weighted by molar-refractivity contribution is 9.10. The maximum Gasteiger partial charge on any atom is 0.229 e. The minimum atomic E-state index is -2.69. The molecule has 1 atom stereocenters. The normalized spacial score (nSPS) is 18.9. The van der Waals surface area contributed by atoms with Crippen LogP contribution in [-0.2, 0) is 9.30 Å². The molecule has 2 aliphatic carbocycles. The Balaban J connectivity index is 1.22. The van der Waals surface area contributed by atoms with E-state index in [9.17, 15) is 4.57 Å². The molecule has 2 aromatic heterocycles. The number of benzene rings is 2. The largest absolute Gasteiger partial charge is 0.496 e. The van der Waals surface area contributed by atoms with Gasteiger partial charge < -0.3 is 30.0 Å². The molecule has 0 amide bonds. The van der Waals surface area contributed by atoms with Crippen molar-refractivity contribution in [3.8, 4) is 5.75 Å². The summed E-state index contributed by atoms with van der Waals surface area (Å²) in [6.07, 6.45) is 6.35. The molecule has 1 unspecified atom stereocenters. The maximum atomic E-state index is 13.6. The number of rotatable bonds is 9. The number of morpholine rings is 1. The minimum Gasteiger partial charge on any atom is -0.496 e. The molecule has 3 fully saturated rings. The zero-order chi connectivity index (χ0) is 29.7. The van der Waals surface area contributed by atoms with E-state index in [0.29, 0.717) is 34.7 Å². The summed E-state index contributed by atoms with van der Waals surface area (Å²) in [4.78, 5) is 14.3. The Morgan fingerprint density at radius 3 is 2.51 bits per heavy atom. The molecule has 0 radical (unpaired) electrons. The van der Waals surface area contributed by atoms with Gasteiger partial charge in [-0.2, -0.15) is 4.98 Å². The number of halogens is 1. The Hall–Kier alpha value is -3.04. The van der Waals surface area contributed by atoms with Crippen molar-refractivity contribution in [2.45, 2.75) is 43.6 Å². The van der Waals surface area contributed by atoms with E-state index in [0.717, 1.165) is 70.5 Å². The fourth-order valence-corrected chi connectivity index (χ4v) is 7.67. The van der Waals surface area contributed by atoms with Gasteiger partial charge in [-0.3, -0.25) is 4.98 Å². The molecule has 0 bridgehead atoms. The number of aromatic nitrogens is 3. The van der Waals surface area contributed by atoms with Gasteiger partial charge in [0, 0.05) is 58.9 Å². The van der Waals surface area contributed by atoms with Gasteiger partial charge in [0.25, 0.3) is 0 Å². The van der Waals surface area contributed by atoms with Gasteiger partial charge in [0.2, 0.25) is 5.95 Å². The Kier molecular flexibility index (Phi) is 7.66. The van der Waals surface area contributed by atoms with Crippen molar-refractivity contribution in [3.05, 3.63) is 63.9 Å². The summed E-state index contributed by atoms with van der Waals surface area (Å²) in [7, 11) is -0.993. The van der Waals surface area contributed by atoms with Gasteiger partial charge in [-0.15, -0.1) is 0 Å². The number of nitrogens with one attached hydrogen (secondary N) is 3. The minimum absolute atomic E-state index is 0.0465. The first-order valence-corrected chi connectivity index (χ1v) is 18.3. The molecule has 3 N–H and O–H groups in total. The summed E-state index contributed by atoms with van der Waals surface area (Å²) < 4.78 is 26.2. The van der Waals surface area contributed by atoms with Crippen molar-refractivity contribution in [2.75, 3.05) is 50.8 Å². The fourth-order valence-electron chi connectivity index (χ4n) is 5.90. The predicted octanol–water partition coefficient (Wildman–Crippen LogP) is 6.95. The van der Waals surface area contributed by atoms with Crippen molar-refractivity contribution >= 4 is 62.4 Å². The van der Waals surface area contributed by atoms with Gasteiger partial charge in [0.05, 0.1) is 35.5 Å². The number of fused-ring (bicyclic) bond motifs is 1. The van der Waals surface area contributed by atoms with Crippen LogP contribution in [0.3, 0.4) is 0 Å². The maximum absolute atomic E-state index is 13.6. The highest BCUT2D eigenvalue weighted by Gasteiger charge is 2.31. The van der Waals surface area contributed by atoms with Crippen molar-refractivity contribution in [3.63, 3.8) is 0 Å². The molecule has 0 spiro atoms. The standard InChI is InChI=1S/C32H36BrN6O3P/c1-41-28-15-27(21(18-4-5-18)14-22(28)29-17-34-12-13-42-29)38-32-35-16-23(33)31(39-32)37-26-11-10-25-20(30(26)43(2,3)40)8-9-24(36-25)19-6-7-19/h8-11,14-16,18-19,29,34H,4-7,12-13,17H2,1-3H3,(H2,35,37,38,39). The second kappa shape index (κ2) is 11.5. The van der Waals surface area contributed by atoms with Crippen LogP contribution in [0.25, 0.3) is 10.9 Å². The third-order valence-electron chi connectivity index (χ3n) is 8.34. The van der Waals surface area contributed by atoms with Crippen LogP contribution >= 0.6 is 23.1 Å². The van der Waals surface area contributed by atoms with Gasteiger partial charge >= 0.3 is 0 Å². The molecule has 43 heavy (non-hydrogen) atoms. The SMILES string of the molecule is COc1cc(Nc2ncc(Br)c(Nc3ccc4nc(C5CC5)ccc4c3P(C)(C)=O)n2)c(C2CC2)cc1C1CNCCO1. The lowest BCUT2D eigenvalue weighted by molar-refractivity contribution is 0.0262. The van der Waals surface area contributed by atoms with Gasteiger partial charge in [-0.1, -0.05) is 6.07 Å². The van der Waals surface area contributed by atoms with E-state index in [2.05, 4.69) is 55.1 Å². The van der Waals surface area contributed by atoms with Crippen molar-refractivity contribution in [2.24, 2.45) is 0 Å². The first-order valence-electron chi connectivity index (χ1n) is 14.9. The number of nitrogens with zero attached hydrogens (tertiary/aromatic N) is 3. The molecular weight excluding hydrogens is 627 g/mol. The van der Waals surface area contributed by atoms with E-state index in [1.54, 1.807) is 26.6 Å². The van der Waals surface area contributed by atoms with Crippen LogP contribution in [0.5, 0.6) is 5.75 Å². The van der Waals surface area contributed by atoms with Crippen LogP contribution in [0.2, 0.25) is 0 Å². The van der Waals surface area contributed by atoms with Crippen molar-refractivity contribution < 1.29 is 14.0 Å². The quantitative estimate of drug-likeness (QED) is 0.164. The van der Waals surface area contributed by atoms with E-state index in [1.165, 1.54) is 18.4 Å². The molecule has 2 saturated carbocycles. The zero-order valence-corrected chi connectivity index (χ0v) is 27.1. The first kappa shape index (κ1) is 28.7. The third-order valence-corrected chi connectivity index (χ3v) is 10.5. The van der Waals surface area contributed by atoms with Crippen LogP contribution < -0.4 is 26.0 Å². The average molecular weight is 664 g/mol. The number of methoxy groups -OCH3 is 1.